The van der Waals surface area contributed by atoms with Crippen LogP contribution in [-0.2, 0) is 9.53 Å². The molecule has 0 saturated heterocycles. The molecule has 3 aromatic rings. The first kappa shape index (κ1) is 21.4. The quantitative estimate of drug-likeness (QED) is 0.158. The molecule has 0 aliphatic carbocycles. The molecule has 0 spiro atoms. The van der Waals surface area contributed by atoms with Gasteiger partial charge < -0.3 is 9.26 Å². The molecule has 8 heteroatoms. The lowest BCUT2D eigenvalue weighted by Gasteiger charge is -2.04. The first-order valence-corrected chi connectivity index (χ1v) is 10.1. The zero-order chi connectivity index (χ0) is 21.3. The number of thioether (sulfide) groups is 1. The maximum Gasteiger partial charge on any atom is 0.348 e. The summed E-state index contributed by atoms with van der Waals surface area (Å²) in [5.41, 5.74) is 1.53. The van der Waals surface area contributed by atoms with Gasteiger partial charge in [0, 0.05) is 15.5 Å². The summed E-state index contributed by atoms with van der Waals surface area (Å²) in [5.74, 6) is -0.214. The molecule has 30 heavy (non-hydrogen) atoms. The first-order valence-electron chi connectivity index (χ1n) is 8.93. The van der Waals surface area contributed by atoms with Crippen LogP contribution in [0, 0.1) is 11.3 Å². The molecule has 0 N–H and O–H groups in total. The third-order valence-electron chi connectivity index (χ3n) is 3.78. The van der Waals surface area contributed by atoms with Crippen molar-refractivity contribution < 1.29 is 14.1 Å². The van der Waals surface area contributed by atoms with Crippen LogP contribution >= 0.6 is 23.4 Å². The molecular formula is C22H16ClN3O3S. The van der Waals surface area contributed by atoms with Gasteiger partial charge in [-0.05, 0) is 48.5 Å². The van der Waals surface area contributed by atoms with Gasteiger partial charge in [-0.1, -0.05) is 59.2 Å². The van der Waals surface area contributed by atoms with E-state index in [1.54, 1.807) is 25.1 Å². The minimum Gasteiger partial charge on any atom is -0.462 e. The summed E-state index contributed by atoms with van der Waals surface area (Å²) in [7, 11) is 0. The number of rotatable bonds is 7. The Kier molecular flexibility index (Phi) is 7.44. The molecule has 6 nitrogen and oxygen atoms in total. The second-order valence-corrected chi connectivity index (χ2v) is 7.23. The van der Waals surface area contributed by atoms with Gasteiger partial charge in [0.25, 0.3) is 5.22 Å². The number of benzene rings is 2. The van der Waals surface area contributed by atoms with Crippen molar-refractivity contribution in [3.05, 3.63) is 82.9 Å². The number of carbonyl (C=O) groups is 1. The summed E-state index contributed by atoms with van der Waals surface area (Å²) in [6.07, 6.45) is 3.04. The molecule has 0 saturated carbocycles. The summed E-state index contributed by atoms with van der Waals surface area (Å²) in [4.78, 5) is 17.0. The van der Waals surface area contributed by atoms with Crippen LogP contribution in [0.4, 0.5) is 0 Å². The fraction of sp³-hybridized carbons (Fsp3) is 0.0909. The van der Waals surface area contributed by atoms with Crippen molar-refractivity contribution in [1.29, 1.82) is 5.26 Å². The van der Waals surface area contributed by atoms with E-state index in [2.05, 4.69) is 10.1 Å². The van der Waals surface area contributed by atoms with Gasteiger partial charge in [-0.15, -0.1) is 0 Å². The Morgan fingerprint density at radius 3 is 2.60 bits per heavy atom. The molecule has 0 atom stereocenters. The van der Waals surface area contributed by atoms with Crippen molar-refractivity contribution in [2.45, 2.75) is 12.1 Å². The number of carbonyl (C=O) groups excluding carboxylic acids is 1. The second kappa shape index (κ2) is 10.4. The van der Waals surface area contributed by atoms with E-state index in [1.165, 1.54) is 17.8 Å². The number of nitrogens with zero attached hydrogens (tertiary/aromatic N) is 3. The average molecular weight is 438 g/mol. The molecule has 0 unspecified atom stereocenters. The first-order chi connectivity index (χ1) is 14.6. The van der Waals surface area contributed by atoms with E-state index >= 15 is 0 Å². The molecule has 3 rings (SSSR count). The van der Waals surface area contributed by atoms with Crippen LogP contribution in [0.2, 0.25) is 5.02 Å². The summed E-state index contributed by atoms with van der Waals surface area (Å²) >= 11 is 7.20. The molecule has 1 aromatic heterocycles. The lowest BCUT2D eigenvalue weighted by atomic mass is 10.2. The molecule has 0 bridgehead atoms. The molecular weight excluding hydrogens is 422 g/mol. The topological polar surface area (TPSA) is 89.0 Å². The highest BCUT2D eigenvalue weighted by Crippen LogP contribution is 2.35. The van der Waals surface area contributed by atoms with Gasteiger partial charge in [-0.3, -0.25) is 0 Å². The van der Waals surface area contributed by atoms with Gasteiger partial charge in [0.1, 0.15) is 11.6 Å². The van der Waals surface area contributed by atoms with E-state index in [4.69, 9.17) is 20.9 Å². The molecule has 0 amide bonds. The monoisotopic (exact) mass is 437 g/mol. The van der Waals surface area contributed by atoms with Crippen LogP contribution in [0.1, 0.15) is 12.5 Å². The number of ether oxygens (including phenoxy) is 1. The van der Waals surface area contributed by atoms with Gasteiger partial charge in [0.2, 0.25) is 5.82 Å². The Balaban J connectivity index is 1.92. The van der Waals surface area contributed by atoms with E-state index < -0.39 is 5.97 Å². The number of aromatic nitrogens is 2. The smallest absolute Gasteiger partial charge is 0.348 e. The van der Waals surface area contributed by atoms with Crippen molar-refractivity contribution >= 4 is 34.2 Å². The highest BCUT2D eigenvalue weighted by Gasteiger charge is 2.14. The third kappa shape index (κ3) is 5.60. The van der Waals surface area contributed by atoms with Crippen molar-refractivity contribution in [3.8, 4) is 17.5 Å². The number of allylic oxidation sites excluding steroid dienone is 2. The molecule has 0 fully saturated rings. The van der Waals surface area contributed by atoms with Gasteiger partial charge in [-0.25, -0.2) is 4.79 Å². The molecule has 1 heterocycles. The maximum absolute atomic E-state index is 11.9. The number of nitriles is 1. The summed E-state index contributed by atoms with van der Waals surface area (Å²) in [6, 6.07) is 18.4. The van der Waals surface area contributed by atoms with Crippen molar-refractivity contribution in [3.63, 3.8) is 0 Å². The van der Waals surface area contributed by atoms with Crippen molar-refractivity contribution in [2.24, 2.45) is 0 Å². The minimum atomic E-state index is -0.680. The lowest BCUT2D eigenvalue weighted by Crippen LogP contribution is -2.05. The van der Waals surface area contributed by atoms with Crippen LogP contribution in [0.5, 0.6) is 0 Å². The van der Waals surface area contributed by atoms with Gasteiger partial charge in [0.15, 0.2) is 0 Å². The molecule has 150 valence electrons. The van der Waals surface area contributed by atoms with Crippen molar-refractivity contribution in [1.82, 2.24) is 10.1 Å². The van der Waals surface area contributed by atoms with Crippen LogP contribution in [0.3, 0.4) is 0 Å². The van der Waals surface area contributed by atoms with E-state index in [9.17, 15) is 10.1 Å². The molecule has 0 aliphatic heterocycles. The normalized spacial score (nSPS) is 11.8. The fourth-order valence-electron chi connectivity index (χ4n) is 2.37. The lowest BCUT2D eigenvalue weighted by molar-refractivity contribution is -0.138. The Labute approximate surface area is 182 Å². The van der Waals surface area contributed by atoms with Crippen LogP contribution in [-0.4, -0.2) is 22.7 Å². The van der Waals surface area contributed by atoms with Gasteiger partial charge in [-0.2, -0.15) is 10.2 Å². The van der Waals surface area contributed by atoms with E-state index in [0.717, 1.165) is 11.1 Å². The minimum absolute atomic E-state index is 0.112. The third-order valence-corrected chi connectivity index (χ3v) is 4.97. The van der Waals surface area contributed by atoms with Crippen molar-refractivity contribution in [2.75, 3.05) is 6.61 Å². The predicted molar refractivity (Wildman–Crippen MR) is 115 cm³/mol. The zero-order valence-electron chi connectivity index (χ0n) is 15.9. The average Bonchev–Trinajstić information content (AvgIpc) is 3.23. The predicted octanol–water partition coefficient (Wildman–Crippen LogP) is 5.54. The Morgan fingerprint density at radius 1 is 1.20 bits per heavy atom. The Morgan fingerprint density at radius 2 is 1.93 bits per heavy atom. The highest BCUT2D eigenvalue weighted by atomic mass is 35.5. The zero-order valence-corrected chi connectivity index (χ0v) is 17.5. The van der Waals surface area contributed by atoms with Gasteiger partial charge >= 0.3 is 5.97 Å². The number of halogens is 1. The summed E-state index contributed by atoms with van der Waals surface area (Å²) in [6.45, 7) is 1.86. The van der Waals surface area contributed by atoms with E-state index in [-0.39, 0.29) is 12.2 Å². The second-order valence-electron chi connectivity index (χ2n) is 5.80. The van der Waals surface area contributed by atoms with Gasteiger partial charge in [0.05, 0.1) is 6.61 Å². The Hall–Kier alpha value is -3.34. The summed E-state index contributed by atoms with van der Waals surface area (Å²) in [5, 5.41) is 14.2. The number of esters is 1. The highest BCUT2D eigenvalue weighted by molar-refractivity contribution is 8.08. The Bertz CT molecular complexity index is 1120. The van der Waals surface area contributed by atoms with Crippen LogP contribution in [0.25, 0.3) is 16.3 Å². The van der Waals surface area contributed by atoms with Crippen LogP contribution < -0.4 is 0 Å². The fourth-order valence-corrected chi connectivity index (χ4v) is 3.28. The standard InChI is InChI=1S/C22H16ClN3O3S/c1-2-28-21(27)17(14-24)10-13-19(15-8-11-18(23)12-9-15)30-22-25-20(26-29-22)16-6-4-3-5-7-16/h3-13H,2H2,1H3/b17-10+,19-13-. The molecule has 2 aromatic carbocycles. The SMILES string of the molecule is CCOC(=O)/C(C#N)=C/C=C(\Sc1nc(-c2ccccc2)no1)c1ccc(Cl)cc1. The maximum atomic E-state index is 11.9. The largest absolute Gasteiger partial charge is 0.462 e. The molecule has 0 radical (unpaired) electrons. The number of hydrogen-bond donors (Lipinski definition) is 0. The van der Waals surface area contributed by atoms with E-state index in [0.29, 0.717) is 21.0 Å². The molecule has 0 aliphatic rings. The summed E-state index contributed by atoms with van der Waals surface area (Å²) < 4.78 is 10.3. The van der Waals surface area contributed by atoms with Crippen LogP contribution in [0.15, 0.2) is 82.1 Å². The number of hydrogen-bond acceptors (Lipinski definition) is 7. The van der Waals surface area contributed by atoms with E-state index in [1.807, 2.05) is 48.5 Å².